The number of amides is 2. The molecule has 0 aliphatic carbocycles. The van der Waals surface area contributed by atoms with Crippen molar-refractivity contribution in [1.82, 2.24) is 4.90 Å². The van der Waals surface area contributed by atoms with Crippen LogP contribution in [0.3, 0.4) is 0 Å². The van der Waals surface area contributed by atoms with Crippen LogP contribution in [0.4, 0.5) is 5.69 Å². The summed E-state index contributed by atoms with van der Waals surface area (Å²) in [5, 5.41) is 2.96. The van der Waals surface area contributed by atoms with Gasteiger partial charge in [-0.3, -0.25) is 9.59 Å². The van der Waals surface area contributed by atoms with Gasteiger partial charge in [-0.1, -0.05) is 55.0 Å². The molecule has 5 nitrogen and oxygen atoms in total. The van der Waals surface area contributed by atoms with E-state index >= 15 is 0 Å². The summed E-state index contributed by atoms with van der Waals surface area (Å²) in [7, 11) is 0. The zero-order valence-corrected chi connectivity index (χ0v) is 20.3. The van der Waals surface area contributed by atoms with Gasteiger partial charge in [0.05, 0.1) is 6.04 Å². The van der Waals surface area contributed by atoms with Crippen molar-refractivity contribution < 1.29 is 14.3 Å². The second kappa shape index (κ2) is 10.1. The van der Waals surface area contributed by atoms with Crippen molar-refractivity contribution in [2.24, 2.45) is 0 Å². The van der Waals surface area contributed by atoms with Crippen molar-refractivity contribution in [1.29, 1.82) is 0 Å². The number of hydrogen-bond donors (Lipinski definition) is 1. The molecule has 0 unspecified atom stereocenters. The largest absolute Gasteiger partial charge is 0.481 e. The fraction of sp³-hybridized carbons (Fsp3) is 0.310. The van der Waals surface area contributed by atoms with Crippen molar-refractivity contribution in [2.75, 3.05) is 11.9 Å². The standard InChI is InChI=1S/C29H32N2O3/c1-5-27(29(33)30-24-11-7-9-20(3)17-24)34-25-13-12-22-14-15-31(21(4)32)28(26(22)18-25)23-10-6-8-19(2)16-23/h6-13,16-18,27-28H,5,14-15H2,1-4H3,(H,30,33)/t27-,28-/m0/s1. The van der Waals surface area contributed by atoms with Crippen LogP contribution in [0.15, 0.2) is 66.7 Å². The summed E-state index contributed by atoms with van der Waals surface area (Å²) < 4.78 is 6.18. The maximum absolute atomic E-state index is 12.9. The molecule has 0 spiro atoms. The van der Waals surface area contributed by atoms with E-state index < -0.39 is 6.10 Å². The summed E-state index contributed by atoms with van der Waals surface area (Å²) in [6, 6.07) is 21.8. The van der Waals surface area contributed by atoms with E-state index in [0.29, 0.717) is 18.7 Å². The fourth-order valence-corrected chi connectivity index (χ4v) is 4.64. The van der Waals surface area contributed by atoms with Crippen molar-refractivity contribution in [3.8, 4) is 5.75 Å². The summed E-state index contributed by atoms with van der Waals surface area (Å²) in [4.78, 5) is 27.4. The Hall–Kier alpha value is -3.60. The van der Waals surface area contributed by atoms with E-state index in [4.69, 9.17) is 4.74 Å². The number of hydrogen-bond acceptors (Lipinski definition) is 3. The number of carbonyl (C=O) groups excluding carboxylic acids is 2. The molecule has 1 heterocycles. The minimum atomic E-state index is -0.622. The molecule has 0 saturated heterocycles. The van der Waals surface area contributed by atoms with Crippen molar-refractivity contribution in [3.05, 3.63) is 94.5 Å². The van der Waals surface area contributed by atoms with E-state index in [1.54, 1.807) is 6.92 Å². The highest BCUT2D eigenvalue weighted by molar-refractivity contribution is 5.94. The molecular weight excluding hydrogens is 424 g/mol. The van der Waals surface area contributed by atoms with Crippen LogP contribution < -0.4 is 10.1 Å². The lowest BCUT2D eigenvalue weighted by atomic mass is 9.87. The van der Waals surface area contributed by atoms with Gasteiger partial charge in [0.1, 0.15) is 5.75 Å². The molecule has 2 atom stereocenters. The maximum atomic E-state index is 12.9. The van der Waals surface area contributed by atoms with Crippen molar-refractivity contribution >= 4 is 17.5 Å². The molecule has 1 N–H and O–H groups in total. The first-order chi connectivity index (χ1) is 16.4. The number of fused-ring (bicyclic) bond motifs is 1. The first-order valence-corrected chi connectivity index (χ1v) is 11.9. The van der Waals surface area contributed by atoms with Gasteiger partial charge in [0.15, 0.2) is 6.10 Å². The van der Waals surface area contributed by atoms with Crippen LogP contribution in [0.25, 0.3) is 0 Å². The highest BCUT2D eigenvalue weighted by Crippen LogP contribution is 2.37. The zero-order chi connectivity index (χ0) is 24.2. The number of rotatable bonds is 6. The minimum absolute atomic E-state index is 0.0486. The summed E-state index contributed by atoms with van der Waals surface area (Å²) in [6.45, 7) is 8.29. The van der Waals surface area contributed by atoms with Crippen LogP contribution in [0.2, 0.25) is 0 Å². The maximum Gasteiger partial charge on any atom is 0.265 e. The fourth-order valence-electron chi connectivity index (χ4n) is 4.64. The third-order valence-corrected chi connectivity index (χ3v) is 6.34. The Balaban J connectivity index is 1.62. The van der Waals surface area contributed by atoms with E-state index in [2.05, 4.69) is 36.5 Å². The van der Waals surface area contributed by atoms with E-state index in [1.165, 1.54) is 5.56 Å². The molecular formula is C29H32N2O3. The van der Waals surface area contributed by atoms with Gasteiger partial charge in [-0.25, -0.2) is 0 Å². The van der Waals surface area contributed by atoms with Gasteiger partial charge < -0.3 is 15.0 Å². The molecule has 5 heteroatoms. The quantitative estimate of drug-likeness (QED) is 0.526. The number of benzene rings is 3. The number of nitrogens with one attached hydrogen (secondary N) is 1. The van der Waals surface area contributed by atoms with Crippen LogP contribution in [-0.4, -0.2) is 29.4 Å². The van der Waals surface area contributed by atoms with Crippen molar-refractivity contribution in [3.63, 3.8) is 0 Å². The van der Waals surface area contributed by atoms with E-state index in [-0.39, 0.29) is 17.9 Å². The SMILES string of the molecule is CC[C@H](Oc1ccc2c(c1)[C@H](c1cccc(C)c1)N(C(C)=O)CC2)C(=O)Nc1cccc(C)c1. The molecule has 34 heavy (non-hydrogen) atoms. The van der Waals surface area contributed by atoms with Crippen LogP contribution in [-0.2, 0) is 16.0 Å². The average molecular weight is 457 g/mol. The zero-order valence-electron chi connectivity index (χ0n) is 20.3. The molecule has 0 aromatic heterocycles. The predicted molar refractivity (Wildman–Crippen MR) is 135 cm³/mol. The summed E-state index contributed by atoms with van der Waals surface area (Å²) in [6.07, 6.45) is 0.710. The Morgan fingerprint density at radius 2 is 1.76 bits per heavy atom. The van der Waals surface area contributed by atoms with E-state index in [9.17, 15) is 9.59 Å². The Morgan fingerprint density at radius 1 is 1.03 bits per heavy atom. The Kier molecular flexibility index (Phi) is 7.01. The van der Waals surface area contributed by atoms with Crippen molar-refractivity contribution in [2.45, 2.75) is 52.7 Å². The smallest absolute Gasteiger partial charge is 0.265 e. The highest BCUT2D eigenvalue weighted by atomic mass is 16.5. The molecule has 4 rings (SSSR count). The first-order valence-electron chi connectivity index (χ1n) is 11.9. The number of anilines is 1. The summed E-state index contributed by atoms with van der Waals surface area (Å²) in [5.74, 6) is 0.506. The molecule has 3 aromatic carbocycles. The summed E-state index contributed by atoms with van der Waals surface area (Å²) in [5.41, 5.74) is 6.33. The Bertz CT molecular complexity index is 1200. The van der Waals surface area contributed by atoms with Crippen LogP contribution in [0.1, 0.15) is 54.1 Å². The number of ether oxygens (including phenoxy) is 1. The monoisotopic (exact) mass is 456 g/mol. The molecule has 3 aromatic rings. The molecule has 0 bridgehead atoms. The molecule has 0 radical (unpaired) electrons. The molecule has 0 saturated carbocycles. The number of nitrogens with zero attached hydrogens (tertiary/aromatic N) is 1. The van der Waals surface area contributed by atoms with E-state index in [1.807, 2.05) is 61.2 Å². The van der Waals surface area contributed by atoms with Gasteiger partial charge in [0.25, 0.3) is 5.91 Å². The van der Waals surface area contributed by atoms with Crippen LogP contribution >= 0.6 is 0 Å². The Morgan fingerprint density at radius 3 is 2.44 bits per heavy atom. The second-order valence-electron chi connectivity index (χ2n) is 9.01. The van der Waals surface area contributed by atoms with Gasteiger partial charge in [-0.05, 0) is 73.2 Å². The lowest BCUT2D eigenvalue weighted by molar-refractivity contribution is -0.130. The summed E-state index contributed by atoms with van der Waals surface area (Å²) >= 11 is 0. The number of carbonyl (C=O) groups is 2. The topological polar surface area (TPSA) is 58.6 Å². The van der Waals surface area contributed by atoms with E-state index in [0.717, 1.165) is 34.4 Å². The molecule has 2 amide bonds. The molecule has 1 aliphatic rings. The van der Waals surface area contributed by atoms with Crippen LogP contribution in [0, 0.1) is 13.8 Å². The Labute approximate surface area is 201 Å². The minimum Gasteiger partial charge on any atom is -0.481 e. The van der Waals surface area contributed by atoms with Crippen LogP contribution in [0.5, 0.6) is 5.75 Å². The third-order valence-electron chi connectivity index (χ3n) is 6.34. The normalized spacial score (nSPS) is 15.9. The predicted octanol–water partition coefficient (Wildman–Crippen LogP) is 5.59. The lowest BCUT2D eigenvalue weighted by Gasteiger charge is -2.37. The third kappa shape index (κ3) is 5.14. The number of aryl methyl sites for hydroxylation is 2. The molecule has 176 valence electrons. The van der Waals surface area contributed by atoms with Gasteiger partial charge in [-0.15, -0.1) is 0 Å². The highest BCUT2D eigenvalue weighted by Gasteiger charge is 2.31. The molecule has 1 aliphatic heterocycles. The molecule has 0 fully saturated rings. The van der Waals surface area contributed by atoms with Gasteiger partial charge in [0, 0.05) is 19.2 Å². The first kappa shape index (κ1) is 23.6. The van der Waals surface area contributed by atoms with Gasteiger partial charge >= 0.3 is 0 Å². The van der Waals surface area contributed by atoms with Gasteiger partial charge in [0.2, 0.25) is 5.91 Å². The second-order valence-corrected chi connectivity index (χ2v) is 9.01. The average Bonchev–Trinajstić information content (AvgIpc) is 2.81. The van der Waals surface area contributed by atoms with Gasteiger partial charge in [-0.2, -0.15) is 0 Å². The lowest BCUT2D eigenvalue weighted by Crippen LogP contribution is -2.39.